The molecular weight excluding hydrogens is 301 g/mol. The lowest BCUT2D eigenvalue weighted by molar-refractivity contribution is -0.138. The van der Waals surface area contributed by atoms with E-state index in [1.165, 1.54) is 4.90 Å². The number of aliphatic carboxylic acids is 1. The second-order valence-electron chi connectivity index (χ2n) is 4.87. The first-order valence-corrected chi connectivity index (χ1v) is 6.95. The zero-order chi connectivity index (χ0) is 15.3. The zero-order valence-electron chi connectivity index (χ0n) is 11.4. The van der Waals surface area contributed by atoms with Gasteiger partial charge in [-0.05, 0) is 17.5 Å². The number of halogens is 2. The van der Waals surface area contributed by atoms with Crippen LogP contribution in [0.5, 0.6) is 0 Å². The van der Waals surface area contributed by atoms with Crippen molar-refractivity contribution in [1.82, 2.24) is 4.90 Å². The third-order valence-corrected chi connectivity index (χ3v) is 3.77. The first-order valence-electron chi connectivity index (χ1n) is 6.20. The summed E-state index contributed by atoms with van der Waals surface area (Å²) in [4.78, 5) is 24.1. The van der Waals surface area contributed by atoms with Crippen molar-refractivity contribution in [2.75, 3.05) is 7.05 Å². The Morgan fingerprint density at radius 1 is 1.30 bits per heavy atom. The molecule has 20 heavy (non-hydrogen) atoms. The van der Waals surface area contributed by atoms with E-state index >= 15 is 0 Å². The molecule has 0 fully saturated rings. The van der Waals surface area contributed by atoms with Crippen molar-refractivity contribution in [3.05, 3.63) is 33.8 Å². The van der Waals surface area contributed by atoms with Gasteiger partial charge in [0.25, 0.3) is 0 Å². The quantitative estimate of drug-likeness (QED) is 0.874. The van der Waals surface area contributed by atoms with Gasteiger partial charge in [0.15, 0.2) is 0 Å². The van der Waals surface area contributed by atoms with E-state index in [9.17, 15) is 9.59 Å². The standard InChI is InChI=1S/C14H17Cl2NO3/c1-9(7-13(19)20)6-12(18)17(2)8-10-4-3-5-11(15)14(10)16/h3-5,9H,6-8H2,1-2H3,(H,19,20). The van der Waals surface area contributed by atoms with Crippen LogP contribution in [0.25, 0.3) is 0 Å². The third kappa shape index (κ3) is 5.02. The Morgan fingerprint density at radius 3 is 2.55 bits per heavy atom. The van der Waals surface area contributed by atoms with Crippen molar-refractivity contribution in [3.63, 3.8) is 0 Å². The predicted molar refractivity (Wildman–Crippen MR) is 79.0 cm³/mol. The number of carbonyl (C=O) groups excluding carboxylic acids is 1. The summed E-state index contributed by atoms with van der Waals surface area (Å²) in [6, 6.07) is 5.26. The van der Waals surface area contributed by atoms with Crippen LogP contribution >= 0.6 is 23.2 Å². The molecular formula is C14H17Cl2NO3. The van der Waals surface area contributed by atoms with Gasteiger partial charge in [0.1, 0.15) is 0 Å². The molecule has 0 aromatic heterocycles. The molecule has 0 saturated heterocycles. The lowest BCUT2D eigenvalue weighted by Crippen LogP contribution is -2.28. The highest BCUT2D eigenvalue weighted by Crippen LogP contribution is 2.26. The molecule has 1 amide bonds. The zero-order valence-corrected chi connectivity index (χ0v) is 12.9. The minimum atomic E-state index is -0.897. The van der Waals surface area contributed by atoms with Crippen molar-refractivity contribution in [2.24, 2.45) is 5.92 Å². The summed E-state index contributed by atoms with van der Waals surface area (Å²) >= 11 is 12.0. The van der Waals surface area contributed by atoms with Crippen LogP contribution in [0.2, 0.25) is 10.0 Å². The molecule has 1 rings (SSSR count). The second-order valence-corrected chi connectivity index (χ2v) is 5.66. The highest BCUT2D eigenvalue weighted by Gasteiger charge is 2.17. The van der Waals surface area contributed by atoms with Crippen LogP contribution in [0, 0.1) is 5.92 Å². The maximum Gasteiger partial charge on any atom is 0.303 e. The number of amides is 1. The van der Waals surface area contributed by atoms with E-state index in [2.05, 4.69) is 0 Å². The highest BCUT2D eigenvalue weighted by molar-refractivity contribution is 6.42. The first-order chi connectivity index (χ1) is 9.31. The minimum Gasteiger partial charge on any atom is -0.481 e. The molecule has 0 saturated carbocycles. The number of carbonyl (C=O) groups is 2. The summed E-state index contributed by atoms with van der Waals surface area (Å²) in [5.41, 5.74) is 0.765. The van der Waals surface area contributed by atoms with Gasteiger partial charge < -0.3 is 10.0 Å². The molecule has 0 heterocycles. The van der Waals surface area contributed by atoms with E-state index in [1.54, 1.807) is 32.2 Å². The molecule has 6 heteroatoms. The van der Waals surface area contributed by atoms with Gasteiger partial charge in [0.2, 0.25) is 5.91 Å². The molecule has 1 aromatic carbocycles. The molecule has 4 nitrogen and oxygen atoms in total. The van der Waals surface area contributed by atoms with Gasteiger partial charge in [-0.25, -0.2) is 0 Å². The minimum absolute atomic E-state index is 0.0164. The summed E-state index contributed by atoms with van der Waals surface area (Å²) in [6.07, 6.45) is 0.179. The Kier molecular flexibility index (Phi) is 6.30. The van der Waals surface area contributed by atoms with Crippen molar-refractivity contribution in [3.8, 4) is 0 Å². The Balaban J connectivity index is 2.62. The summed E-state index contributed by atoms with van der Waals surface area (Å²) in [5.74, 6) is -1.21. The summed E-state index contributed by atoms with van der Waals surface area (Å²) in [6.45, 7) is 2.09. The molecule has 0 spiro atoms. The van der Waals surface area contributed by atoms with Crippen molar-refractivity contribution >= 4 is 35.1 Å². The van der Waals surface area contributed by atoms with Gasteiger partial charge in [-0.1, -0.05) is 42.3 Å². The van der Waals surface area contributed by atoms with Gasteiger partial charge in [-0.2, -0.15) is 0 Å². The number of carboxylic acid groups (broad SMARTS) is 1. The van der Waals surface area contributed by atoms with Gasteiger partial charge in [-0.3, -0.25) is 9.59 Å². The predicted octanol–water partition coefficient (Wildman–Crippen LogP) is 3.45. The fraction of sp³-hybridized carbons (Fsp3) is 0.429. The molecule has 0 aliphatic carbocycles. The van der Waals surface area contributed by atoms with Crippen molar-refractivity contribution in [1.29, 1.82) is 0 Å². The topological polar surface area (TPSA) is 57.6 Å². The number of carboxylic acids is 1. The Bertz CT molecular complexity index is 505. The van der Waals surface area contributed by atoms with Gasteiger partial charge in [0.05, 0.1) is 10.0 Å². The van der Waals surface area contributed by atoms with Crippen molar-refractivity contribution in [2.45, 2.75) is 26.3 Å². The smallest absolute Gasteiger partial charge is 0.303 e. The molecule has 0 radical (unpaired) electrons. The summed E-state index contributed by atoms with van der Waals surface area (Å²) in [5, 5.41) is 9.57. The average molecular weight is 318 g/mol. The fourth-order valence-corrected chi connectivity index (χ4v) is 2.22. The Morgan fingerprint density at radius 2 is 1.95 bits per heavy atom. The van der Waals surface area contributed by atoms with Crippen LogP contribution in [0.15, 0.2) is 18.2 Å². The van der Waals surface area contributed by atoms with Gasteiger partial charge in [-0.15, -0.1) is 0 Å². The number of nitrogens with zero attached hydrogens (tertiary/aromatic N) is 1. The lowest BCUT2D eigenvalue weighted by atomic mass is 10.0. The van der Waals surface area contributed by atoms with E-state index in [-0.39, 0.29) is 24.7 Å². The molecule has 0 aliphatic heterocycles. The van der Waals surface area contributed by atoms with E-state index in [1.807, 2.05) is 0 Å². The lowest BCUT2D eigenvalue weighted by Gasteiger charge is -2.20. The first kappa shape index (κ1) is 16.8. The van der Waals surface area contributed by atoms with Crippen LogP contribution in [0.1, 0.15) is 25.3 Å². The molecule has 0 bridgehead atoms. The monoisotopic (exact) mass is 317 g/mol. The van der Waals surface area contributed by atoms with Gasteiger partial charge in [0, 0.05) is 26.4 Å². The SMILES string of the molecule is CC(CC(=O)O)CC(=O)N(C)Cc1cccc(Cl)c1Cl. The van der Waals surface area contributed by atoms with Crippen molar-refractivity contribution < 1.29 is 14.7 Å². The molecule has 1 atom stereocenters. The van der Waals surface area contributed by atoms with Crippen LogP contribution in [-0.2, 0) is 16.1 Å². The normalized spacial score (nSPS) is 12.0. The fourth-order valence-electron chi connectivity index (χ4n) is 1.84. The molecule has 1 unspecified atom stereocenters. The molecule has 1 N–H and O–H groups in total. The van der Waals surface area contributed by atoms with Crippen LogP contribution in [0.3, 0.4) is 0 Å². The number of hydrogen-bond acceptors (Lipinski definition) is 2. The van der Waals surface area contributed by atoms with Crippen LogP contribution in [-0.4, -0.2) is 28.9 Å². The average Bonchev–Trinajstić information content (AvgIpc) is 2.33. The van der Waals surface area contributed by atoms with E-state index < -0.39 is 5.97 Å². The Labute approximate surface area is 128 Å². The number of hydrogen-bond donors (Lipinski definition) is 1. The second kappa shape index (κ2) is 7.50. The summed E-state index contributed by atoms with van der Waals surface area (Å²) < 4.78 is 0. The third-order valence-electron chi connectivity index (χ3n) is 2.91. The van der Waals surface area contributed by atoms with E-state index in [4.69, 9.17) is 28.3 Å². The number of benzene rings is 1. The van der Waals surface area contributed by atoms with Crippen LogP contribution in [0.4, 0.5) is 0 Å². The maximum absolute atomic E-state index is 12.0. The van der Waals surface area contributed by atoms with E-state index in [0.717, 1.165) is 5.56 Å². The number of rotatable bonds is 6. The largest absolute Gasteiger partial charge is 0.481 e. The van der Waals surface area contributed by atoms with Gasteiger partial charge >= 0.3 is 5.97 Å². The van der Waals surface area contributed by atoms with E-state index in [0.29, 0.717) is 16.6 Å². The summed E-state index contributed by atoms with van der Waals surface area (Å²) in [7, 11) is 1.66. The highest BCUT2D eigenvalue weighted by atomic mass is 35.5. The maximum atomic E-state index is 12.0. The molecule has 1 aromatic rings. The molecule has 0 aliphatic rings. The Hall–Kier alpha value is -1.26. The molecule has 110 valence electrons. The van der Waals surface area contributed by atoms with Crippen LogP contribution < -0.4 is 0 Å².